The number of nitrogens with one attached hydrogen (secondary N) is 1. The highest BCUT2D eigenvalue weighted by molar-refractivity contribution is 5.31. The lowest BCUT2D eigenvalue weighted by molar-refractivity contribution is -0.0242. The summed E-state index contributed by atoms with van der Waals surface area (Å²) < 4.78 is 24.3. The fraction of sp³-hybridized carbons (Fsp3) is 0.412. The normalized spacial score (nSPS) is 18.3. The molecule has 1 unspecified atom stereocenters. The van der Waals surface area contributed by atoms with E-state index in [0.717, 1.165) is 25.5 Å². The average Bonchev–Trinajstić information content (AvgIpc) is 2.63. The summed E-state index contributed by atoms with van der Waals surface area (Å²) in [6, 6.07) is 9.81. The zero-order chi connectivity index (χ0) is 16.6. The van der Waals surface area contributed by atoms with E-state index in [9.17, 15) is 4.39 Å². The van der Waals surface area contributed by atoms with Crippen molar-refractivity contribution in [1.29, 1.82) is 0 Å². The minimum Gasteiger partial charge on any atom is -0.492 e. The zero-order valence-corrected chi connectivity index (χ0v) is 13.4. The largest absolute Gasteiger partial charge is 0.492 e. The van der Waals surface area contributed by atoms with Gasteiger partial charge in [-0.25, -0.2) is 4.39 Å². The van der Waals surface area contributed by atoms with Crippen molar-refractivity contribution >= 4 is 5.82 Å². The van der Waals surface area contributed by atoms with Crippen LogP contribution >= 0.6 is 0 Å². The van der Waals surface area contributed by atoms with Gasteiger partial charge in [0.25, 0.3) is 0 Å². The van der Waals surface area contributed by atoms with Gasteiger partial charge in [0.2, 0.25) is 0 Å². The number of ether oxygens (including phenoxy) is 2. The lowest BCUT2D eigenvalue weighted by Gasteiger charge is -2.32. The summed E-state index contributed by atoms with van der Waals surface area (Å²) in [7, 11) is 0. The van der Waals surface area contributed by atoms with E-state index in [2.05, 4.69) is 20.4 Å². The molecule has 1 N–H and O–H groups in total. The van der Waals surface area contributed by atoms with Crippen LogP contribution in [0.15, 0.2) is 42.6 Å². The third kappa shape index (κ3) is 5.14. The summed E-state index contributed by atoms with van der Waals surface area (Å²) in [6.45, 7) is 4.48. The smallest absolute Gasteiger partial charge is 0.148 e. The van der Waals surface area contributed by atoms with Crippen LogP contribution in [0.5, 0.6) is 5.75 Å². The topological polar surface area (TPSA) is 59.5 Å². The standard InChI is InChI=1S/C17H21FN4O2/c18-14-3-5-15(6-4-14)23-10-8-22-9-11-24-16(13-22)12-19-17-2-1-7-20-21-17/h1-7,16H,8-13H2,(H,19,21). The van der Waals surface area contributed by atoms with Crippen molar-refractivity contribution in [2.75, 3.05) is 44.7 Å². The SMILES string of the molecule is Fc1ccc(OCCN2CCOC(CNc3cccnn3)C2)cc1. The van der Waals surface area contributed by atoms with Crippen molar-refractivity contribution in [2.24, 2.45) is 0 Å². The Balaban J connectivity index is 1.38. The highest BCUT2D eigenvalue weighted by atomic mass is 19.1. The minimum absolute atomic E-state index is 0.103. The van der Waals surface area contributed by atoms with Gasteiger partial charge in [-0.1, -0.05) is 0 Å². The molecule has 128 valence electrons. The van der Waals surface area contributed by atoms with E-state index < -0.39 is 0 Å². The lowest BCUT2D eigenvalue weighted by atomic mass is 10.2. The molecule has 24 heavy (non-hydrogen) atoms. The maximum atomic E-state index is 12.8. The molecule has 1 aromatic heterocycles. The second kappa shape index (κ2) is 8.56. The van der Waals surface area contributed by atoms with Crippen molar-refractivity contribution in [3.63, 3.8) is 0 Å². The first-order valence-corrected chi connectivity index (χ1v) is 8.03. The van der Waals surface area contributed by atoms with Crippen LogP contribution < -0.4 is 10.1 Å². The molecule has 1 aliphatic heterocycles. The van der Waals surface area contributed by atoms with E-state index in [1.807, 2.05) is 12.1 Å². The number of hydrogen-bond donors (Lipinski definition) is 1. The summed E-state index contributed by atoms with van der Waals surface area (Å²) in [5.74, 6) is 1.18. The molecule has 2 heterocycles. The Hall–Kier alpha value is -2.25. The molecule has 6 nitrogen and oxygen atoms in total. The first kappa shape index (κ1) is 16.6. The van der Waals surface area contributed by atoms with Gasteiger partial charge in [-0.2, -0.15) is 5.10 Å². The average molecular weight is 332 g/mol. The second-order valence-electron chi connectivity index (χ2n) is 5.59. The van der Waals surface area contributed by atoms with Crippen LogP contribution in [0, 0.1) is 5.82 Å². The van der Waals surface area contributed by atoms with Crippen LogP contribution in [0.2, 0.25) is 0 Å². The van der Waals surface area contributed by atoms with Crippen LogP contribution in [0.4, 0.5) is 10.2 Å². The Morgan fingerprint density at radius 1 is 1.29 bits per heavy atom. The molecule has 0 amide bonds. The van der Waals surface area contributed by atoms with Gasteiger partial charge >= 0.3 is 0 Å². The number of anilines is 1. The number of nitrogens with zero attached hydrogens (tertiary/aromatic N) is 3. The van der Waals surface area contributed by atoms with E-state index in [1.165, 1.54) is 12.1 Å². The number of halogens is 1. The first-order valence-electron chi connectivity index (χ1n) is 8.03. The van der Waals surface area contributed by atoms with E-state index >= 15 is 0 Å². The molecular formula is C17H21FN4O2. The molecule has 3 rings (SSSR count). The molecule has 0 bridgehead atoms. The van der Waals surface area contributed by atoms with Gasteiger partial charge in [-0.15, -0.1) is 5.10 Å². The molecule has 1 aromatic carbocycles. The molecule has 0 spiro atoms. The Bertz CT molecular complexity index is 612. The predicted molar refractivity (Wildman–Crippen MR) is 88.6 cm³/mol. The molecule has 7 heteroatoms. The van der Waals surface area contributed by atoms with Crippen molar-refractivity contribution in [3.8, 4) is 5.75 Å². The summed E-state index contributed by atoms with van der Waals surface area (Å²) in [4.78, 5) is 2.30. The molecular weight excluding hydrogens is 311 g/mol. The van der Waals surface area contributed by atoms with E-state index in [4.69, 9.17) is 9.47 Å². The monoisotopic (exact) mass is 332 g/mol. The van der Waals surface area contributed by atoms with Gasteiger partial charge in [-0.05, 0) is 36.4 Å². The molecule has 1 saturated heterocycles. The number of aromatic nitrogens is 2. The maximum Gasteiger partial charge on any atom is 0.148 e. The van der Waals surface area contributed by atoms with E-state index in [1.54, 1.807) is 18.3 Å². The predicted octanol–water partition coefficient (Wildman–Crippen LogP) is 1.81. The van der Waals surface area contributed by atoms with Crippen LogP contribution in [0.3, 0.4) is 0 Å². The molecule has 2 aromatic rings. The Morgan fingerprint density at radius 3 is 2.96 bits per heavy atom. The second-order valence-corrected chi connectivity index (χ2v) is 5.59. The Labute approximate surface area is 140 Å². The molecule has 0 radical (unpaired) electrons. The van der Waals surface area contributed by atoms with Crippen LogP contribution in [0.25, 0.3) is 0 Å². The molecule has 1 fully saturated rings. The fourth-order valence-electron chi connectivity index (χ4n) is 2.54. The Kier molecular flexibility index (Phi) is 5.92. The van der Waals surface area contributed by atoms with Crippen LogP contribution in [-0.2, 0) is 4.74 Å². The molecule has 0 saturated carbocycles. The number of rotatable bonds is 7. The molecule has 1 aliphatic rings. The van der Waals surface area contributed by atoms with E-state index in [0.29, 0.717) is 25.5 Å². The Morgan fingerprint density at radius 2 is 2.17 bits per heavy atom. The van der Waals surface area contributed by atoms with Gasteiger partial charge in [0, 0.05) is 32.4 Å². The third-order valence-corrected chi connectivity index (χ3v) is 3.80. The first-order chi connectivity index (χ1) is 11.8. The van der Waals surface area contributed by atoms with Crippen molar-refractivity contribution in [2.45, 2.75) is 6.10 Å². The summed E-state index contributed by atoms with van der Waals surface area (Å²) >= 11 is 0. The number of morpholine rings is 1. The van der Waals surface area contributed by atoms with E-state index in [-0.39, 0.29) is 11.9 Å². The van der Waals surface area contributed by atoms with Gasteiger partial charge < -0.3 is 14.8 Å². The van der Waals surface area contributed by atoms with Crippen LogP contribution in [-0.4, -0.2) is 60.6 Å². The van der Waals surface area contributed by atoms with Gasteiger partial charge in [0.05, 0.1) is 12.7 Å². The third-order valence-electron chi connectivity index (χ3n) is 3.80. The highest BCUT2D eigenvalue weighted by Crippen LogP contribution is 2.12. The van der Waals surface area contributed by atoms with Crippen LogP contribution in [0.1, 0.15) is 0 Å². The lowest BCUT2D eigenvalue weighted by Crippen LogP contribution is -2.46. The number of benzene rings is 1. The fourth-order valence-corrected chi connectivity index (χ4v) is 2.54. The summed E-state index contributed by atoms with van der Waals surface area (Å²) in [6.07, 6.45) is 1.75. The minimum atomic E-state index is -0.256. The number of hydrogen-bond acceptors (Lipinski definition) is 6. The quantitative estimate of drug-likeness (QED) is 0.834. The van der Waals surface area contributed by atoms with Gasteiger partial charge in [0.15, 0.2) is 0 Å². The van der Waals surface area contributed by atoms with Gasteiger partial charge in [-0.3, -0.25) is 4.90 Å². The van der Waals surface area contributed by atoms with Crippen molar-refractivity contribution < 1.29 is 13.9 Å². The van der Waals surface area contributed by atoms with Crippen molar-refractivity contribution in [1.82, 2.24) is 15.1 Å². The summed E-state index contributed by atoms with van der Waals surface area (Å²) in [5.41, 5.74) is 0. The van der Waals surface area contributed by atoms with Crippen molar-refractivity contribution in [3.05, 3.63) is 48.4 Å². The molecule has 1 atom stereocenters. The zero-order valence-electron chi connectivity index (χ0n) is 13.4. The summed E-state index contributed by atoms with van der Waals surface area (Å²) in [5, 5.41) is 11.1. The molecule has 0 aliphatic carbocycles. The maximum absolute atomic E-state index is 12.8. The van der Waals surface area contributed by atoms with Gasteiger partial charge in [0.1, 0.15) is 24.0 Å². The highest BCUT2D eigenvalue weighted by Gasteiger charge is 2.20.